The number of aromatic amines is 1. The van der Waals surface area contributed by atoms with Crippen LogP contribution in [0.4, 0.5) is 0 Å². The van der Waals surface area contributed by atoms with E-state index in [4.69, 9.17) is 9.47 Å². The SMILES string of the molecule is Cc1cc(CN(CC(C)C)C(O)[C@@H]2CCN(Cc3cccc4nc[nH]c34)C2)cc2c1OCCCO2. The van der Waals surface area contributed by atoms with E-state index in [9.17, 15) is 5.11 Å². The minimum atomic E-state index is -0.485. The van der Waals surface area contributed by atoms with Gasteiger partial charge in [0.1, 0.15) is 6.23 Å². The molecule has 1 unspecified atom stereocenters. The van der Waals surface area contributed by atoms with Crippen LogP contribution in [0.15, 0.2) is 36.7 Å². The number of hydrogen-bond acceptors (Lipinski definition) is 6. The zero-order valence-corrected chi connectivity index (χ0v) is 21.2. The second-order valence-electron chi connectivity index (χ2n) is 10.5. The fourth-order valence-corrected chi connectivity index (χ4v) is 5.53. The van der Waals surface area contributed by atoms with Crippen molar-refractivity contribution in [2.75, 3.05) is 32.8 Å². The molecule has 1 saturated heterocycles. The standard InChI is InChI=1S/C28H38N4O3/c1-19(2)14-32(15-21-12-20(3)27-25(13-21)34-10-5-11-35-27)28(33)23-8-9-31(17-23)16-22-6-4-7-24-26(22)30-18-29-24/h4,6-7,12-13,18-19,23,28,33H,5,8-11,14-17H2,1-3H3,(H,29,30)/t23-,28?/m1/s1. The smallest absolute Gasteiger partial charge is 0.164 e. The Morgan fingerprint density at radius 1 is 1.23 bits per heavy atom. The third-order valence-corrected chi connectivity index (χ3v) is 7.12. The molecular formula is C28H38N4O3. The number of rotatable bonds is 8. The van der Waals surface area contributed by atoms with Crippen LogP contribution in [0, 0.1) is 18.8 Å². The molecule has 2 aromatic carbocycles. The molecule has 0 amide bonds. The van der Waals surface area contributed by atoms with Crippen molar-refractivity contribution in [2.45, 2.75) is 52.9 Å². The van der Waals surface area contributed by atoms with Gasteiger partial charge in [-0.25, -0.2) is 4.98 Å². The van der Waals surface area contributed by atoms with E-state index in [0.717, 1.165) is 72.7 Å². The van der Waals surface area contributed by atoms with Crippen LogP contribution in [0.25, 0.3) is 11.0 Å². The molecule has 3 aromatic rings. The van der Waals surface area contributed by atoms with E-state index in [1.54, 1.807) is 6.33 Å². The average molecular weight is 479 g/mol. The van der Waals surface area contributed by atoms with Crippen LogP contribution in [0.2, 0.25) is 0 Å². The number of fused-ring (bicyclic) bond motifs is 2. The molecule has 1 fully saturated rings. The molecule has 0 bridgehead atoms. The van der Waals surface area contributed by atoms with Gasteiger partial charge in [-0.1, -0.05) is 32.0 Å². The molecule has 5 rings (SSSR count). The second-order valence-corrected chi connectivity index (χ2v) is 10.5. The largest absolute Gasteiger partial charge is 0.490 e. The maximum Gasteiger partial charge on any atom is 0.164 e. The van der Waals surface area contributed by atoms with Crippen molar-refractivity contribution in [1.82, 2.24) is 19.8 Å². The highest BCUT2D eigenvalue weighted by Crippen LogP contribution is 2.35. The molecule has 3 heterocycles. The van der Waals surface area contributed by atoms with Crippen molar-refractivity contribution in [1.29, 1.82) is 0 Å². The van der Waals surface area contributed by atoms with Gasteiger partial charge >= 0.3 is 0 Å². The van der Waals surface area contributed by atoms with Crippen molar-refractivity contribution >= 4 is 11.0 Å². The van der Waals surface area contributed by atoms with Crippen molar-refractivity contribution in [3.8, 4) is 11.5 Å². The Bertz CT molecular complexity index is 1140. The molecule has 7 heteroatoms. The summed E-state index contributed by atoms with van der Waals surface area (Å²) in [6.45, 7) is 12.2. The minimum absolute atomic E-state index is 0.219. The number of H-pyrrole nitrogens is 1. The summed E-state index contributed by atoms with van der Waals surface area (Å²) in [7, 11) is 0. The van der Waals surface area contributed by atoms with E-state index < -0.39 is 6.23 Å². The van der Waals surface area contributed by atoms with Crippen molar-refractivity contribution in [3.05, 3.63) is 53.3 Å². The fraction of sp³-hybridized carbons (Fsp3) is 0.536. The molecule has 0 spiro atoms. The third kappa shape index (κ3) is 5.47. The number of imidazole rings is 1. The van der Waals surface area contributed by atoms with Crippen molar-refractivity contribution in [2.24, 2.45) is 11.8 Å². The Balaban J connectivity index is 1.28. The first-order valence-electron chi connectivity index (χ1n) is 12.9. The number of likely N-dealkylation sites (tertiary alicyclic amines) is 1. The van der Waals surface area contributed by atoms with Gasteiger partial charge in [0.2, 0.25) is 0 Å². The number of nitrogens with one attached hydrogen (secondary N) is 1. The average Bonchev–Trinajstić information content (AvgIpc) is 3.43. The number of aliphatic hydroxyl groups excluding tert-OH is 1. The van der Waals surface area contributed by atoms with Gasteiger partial charge in [-0.15, -0.1) is 0 Å². The number of hydrogen-bond donors (Lipinski definition) is 2. The highest BCUT2D eigenvalue weighted by molar-refractivity contribution is 5.78. The summed E-state index contributed by atoms with van der Waals surface area (Å²) in [5.74, 6) is 2.37. The van der Waals surface area contributed by atoms with Gasteiger partial charge in [0, 0.05) is 38.5 Å². The molecule has 35 heavy (non-hydrogen) atoms. The van der Waals surface area contributed by atoms with Crippen LogP contribution >= 0.6 is 0 Å². The predicted octanol–water partition coefficient (Wildman–Crippen LogP) is 4.33. The lowest BCUT2D eigenvalue weighted by Crippen LogP contribution is -2.43. The maximum absolute atomic E-state index is 11.5. The number of ether oxygens (including phenoxy) is 2. The van der Waals surface area contributed by atoms with Crippen molar-refractivity contribution in [3.63, 3.8) is 0 Å². The summed E-state index contributed by atoms with van der Waals surface area (Å²) in [5.41, 5.74) is 5.64. The van der Waals surface area contributed by atoms with Crippen LogP contribution < -0.4 is 9.47 Å². The number of nitrogens with zero attached hydrogens (tertiary/aromatic N) is 3. The molecule has 0 aliphatic carbocycles. The first-order chi connectivity index (χ1) is 17.0. The van der Waals surface area contributed by atoms with Gasteiger partial charge in [-0.2, -0.15) is 0 Å². The van der Waals surface area contributed by atoms with Crippen LogP contribution in [0.5, 0.6) is 11.5 Å². The number of para-hydroxylation sites is 1. The second kappa shape index (κ2) is 10.6. The van der Waals surface area contributed by atoms with Gasteiger partial charge in [0.05, 0.1) is 30.6 Å². The highest BCUT2D eigenvalue weighted by atomic mass is 16.5. The van der Waals surface area contributed by atoms with Crippen LogP contribution in [0.3, 0.4) is 0 Å². The molecule has 188 valence electrons. The Morgan fingerprint density at radius 3 is 2.94 bits per heavy atom. The van der Waals surface area contributed by atoms with E-state index >= 15 is 0 Å². The Hall–Kier alpha value is -2.61. The Morgan fingerprint density at radius 2 is 2.09 bits per heavy atom. The number of benzene rings is 2. The normalized spacial score (nSPS) is 19.5. The van der Waals surface area contributed by atoms with E-state index in [2.05, 4.69) is 64.8 Å². The van der Waals surface area contributed by atoms with E-state index in [1.165, 1.54) is 5.56 Å². The molecule has 7 nitrogen and oxygen atoms in total. The van der Waals surface area contributed by atoms with Gasteiger partial charge in [-0.05, 0) is 54.6 Å². The predicted molar refractivity (Wildman–Crippen MR) is 138 cm³/mol. The van der Waals surface area contributed by atoms with E-state index in [0.29, 0.717) is 25.7 Å². The molecule has 1 aromatic heterocycles. The molecule has 2 N–H and O–H groups in total. The third-order valence-electron chi connectivity index (χ3n) is 7.12. The first kappa shape index (κ1) is 24.1. The zero-order valence-electron chi connectivity index (χ0n) is 21.2. The molecule has 2 aliphatic heterocycles. The summed E-state index contributed by atoms with van der Waals surface area (Å²) in [6.07, 6.45) is 3.17. The number of aryl methyl sites for hydroxylation is 1. The van der Waals surface area contributed by atoms with Gasteiger partial charge in [0.25, 0.3) is 0 Å². The zero-order chi connectivity index (χ0) is 24.4. The molecular weight excluding hydrogens is 440 g/mol. The van der Waals surface area contributed by atoms with E-state index in [1.807, 2.05) is 6.07 Å². The van der Waals surface area contributed by atoms with Gasteiger partial charge < -0.3 is 19.6 Å². The lowest BCUT2D eigenvalue weighted by molar-refractivity contribution is -0.0481. The summed E-state index contributed by atoms with van der Waals surface area (Å²) in [4.78, 5) is 12.4. The summed E-state index contributed by atoms with van der Waals surface area (Å²) in [6, 6.07) is 10.6. The summed E-state index contributed by atoms with van der Waals surface area (Å²) >= 11 is 0. The molecule has 2 aliphatic rings. The Labute approximate surface area is 208 Å². The van der Waals surface area contributed by atoms with Crippen LogP contribution in [-0.2, 0) is 13.1 Å². The van der Waals surface area contributed by atoms with Gasteiger partial charge in [-0.3, -0.25) is 9.80 Å². The fourth-order valence-electron chi connectivity index (χ4n) is 5.53. The highest BCUT2D eigenvalue weighted by Gasteiger charge is 2.32. The maximum atomic E-state index is 11.5. The molecule has 0 saturated carbocycles. The quantitative estimate of drug-likeness (QED) is 0.470. The van der Waals surface area contributed by atoms with Crippen molar-refractivity contribution < 1.29 is 14.6 Å². The lowest BCUT2D eigenvalue weighted by atomic mass is 10.0. The lowest BCUT2D eigenvalue weighted by Gasteiger charge is -2.33. The van der Waals surface area contributed by atoms with Crippen LogP contribution in [0.1, 0.15) is 43.4 Å². The number of aromatic nitrogens is 2. The van der Waals surface area contributed by atoms with E-state index in [-0.39, 0.29) is 5.92 Å². The molecule has 0 radical (unpaired) electrons. The first-order valence-corrected chi connectivity index (χ1v) is 12.9. The monoisotopic (exact) mass is 478 g/mol. The minimum Gasteiger partial charge on any atom is -0.490 e. The molecule has 2 atom stereocenters. The number of aliphatic hydroxyl groups is 1. The Kier molecular flexibility index (Phi) is 7.27. The summed E-state index contributed by atoms with van der Waals surface area (Å²) < 4.78 is 11.9. The summed E-state index contributed by atoms with van der Waals surface area (Å²) in [5, 5.41) is 11.5. The van der Waals surface area contributed by atoms with Crippen LogP contribution in [-0.4, -0.2) is 64.0 Å². The van der Waals surface area contributed by atoms with Gasteiger partial charge in [0.15, 0.2) is 11.5 Å². The topological polar surface area (TPSA) is 73.9 Å².